The Morgan fingerprint density at radius 3 is 2.55 bits per heavy atom. The summed E-state index contributed by atoms with van der Waals surface area (Å²) in [6.07, 6.45) is 7.32. The third-order valence-electron chi connectivity index (χ3n) is 4.74. The van der Waals surface area contributed by atoms with Gasteiger partial charge in [-0.2, -0.15) is 0 Å². The van der Waals surface area contributed by atoms with E-state index in [9.17, 15) is 4.79 Å². The standard InChI is InChI=1S/C23H27N3O2.CH5NO/c1-18(19-10-6-5-7-11-19)26-23-21-16-20(12-13-22(21)24-17-25-23)28-15-9-4-2-3-8-14-27;1-2-3/h5-7,10-14,16-18H,2-4,8-9,15H2,1H3,(H,24,25,26);2-3H,1H3/t18-;/m1./s1. The van der Waals surface area contributed by atoms with E-state index in [0.717, 1.165) is 54.4 Å². The molecule has 1 atom stereocenters. The van der Waals surface area contributed by atoms with Gasteiger partial charge in [-0.3, -0.25) is 0 Å². The van der Waals surface area contributed by atoms with Crippen LogP contribution in [0.1, 0.15) is 50.6 Å². The lowest BCUT2D eigenvalue weighted by Gasteiger charge is -2.16. The van der Waals surface area contributed by atoms with Crippen LogP contribution in [0.5, 0.6) is 5.75 Å². The van der Waals surface area contributed by atoms with E-state index in [-0.39, 0.29) is 6.04 Å². The van der Waals surface area contributed by atoms with Crippen LogP contribution in [0.4, 0.5) is 5.82 Å². The number of carbonyl (C=O) groups excluding carboxylic acids is 1. The van der Waals surface area contributed by atoms with E-state index in [1.54, 1.807) is 11.8 Å². The monoisotopic (exact) mass is 424 g/mol. The Balaban J connectivity index is 0.00000107. The van der Waals surface area contributed by atoms with Crippen LogP contribution in [0.15, 0.2) is 54.9 Å². The maximum atomic E-state index is 10.3. The van der Waals surface area contributed by atoms with Gasteiger partial charge in [0, 0.05) is 24.9 Å². The van der Waals surface area contributed by atoms with Crippen molar-refractivity contribution in [1.82, 2.24) is 15.4 Å². The highest BCUT2D eigenvalue weighted by atomic mass is 16.5. The second-order valence-electron chi connectivity index (χ2n) is 7.12. The number of aldehydes is 1. The zero-order valence-corrected chi connectivity index (χ0v) is 18.3. The van der Waals surface area contributed by atoms with Gasteiger partial charge in [0.2, 0.25) is 0 Å². The van der Waals surface area contributed by atoms with Gasteiger partial charge in [-0.05, 0) is 43.5 Å². The van der Waals surface area contributed by atoms with E-state index in [1.807, 2.05) is 36.4 Å². The Kier molecular flexibility index (Phi) is 11.0. The first-order valence-electron chi connectivity index (χ1n) is 10.6. The Labute approximate surface area is 183 Å². The molecule has 166 valence electrons. The first-order valence-corrected chi connectivity index (χ1v) is 10.6. The molecule has 0 fully saturated rings. The number of anilines is 1. The van der Waals surface area contributed by atoms with Gasteiger partial charge in [0.25, 0.3) is 0 Å². The average molecular weight is 425 g/mol. The van der Waals surface area contributed by atoms with Crippen LogP contribution < -0.4 is 15.5 Å². The van der Waals surface area contributed by atoms with Gasteiger partial charge in [-0.1, -0.05) is 43.2 Å². The van der Waals surface area contributed by atoms with Crippen LogP contribution in [0, 0.1) is 0 Å². The van der Waals surface area contributed by atoms with E-state index in [2.05, 4.69) is 34.3 Å². The summed E-state index contributed by atoms with van der Waals surface area (Å²) in [5.41, 5.74) is 3.84. The van der Waals surface area contributed by atoms with E-state index < -0.39 is 0 Å². The number of nitrogens with zero attached hydrogens (tertiary/aromatic N) is 2. The fourth-order valence-electron chi connectivity index (χ4n) is 3.14. The first kappa shape index (κ1) is 24.2. The van der Waals surface area contributed by atoms with Gasteiger partial charge in [-0.15, -0.1) is 0 Å². The lowest BCUT2D eigenvalue weighted by Crippen LogP contribution is -2.08. The van der Waals surface area contributed by atoms with Crippen molar-refractivity contribution < 1.29 is 14.7 Å². The summed E-state index contributed by atoms with van der Waals surface area (Å²) < 4.78 is 5.91. The predicted molar refractivity (Wildman–Crippen MR) is 124 cm³/mol. The number of nitrogens with one attached hydrogen (secondary N) is 2. The molecule has 3 N–H and O–H groups in total. The van der Waals surface area contributed by atoms with Crippen LogP contribution >= 0.6 is 0 Å². The molecule has 0 saturated heterocycles. The molecule has 0 radical (unpaired) electrons. The fourth-order valence-corrected chi connectivity index (χ4v) is 3.14. The first-order chi connectivity index (χ1) is 15.2. The molecule has 0 aliphatic heterocycles. The van der Waals surface area contributed by atoms with Crippen molar-refractivity contribution in [2.24, 2.45) is 0 Å². The quantitative estimate of drug-likeness (QED) is 0.228. The molecule has 0 spiro atoms. The zero-order chi connectivity index (χ0) is 22.3. The van der Waals surface area contributed by atoms with Crippen LogP contribution in [-0.2, 0) is 4.79 Å². The highest BCUT2D eigenvalue weighted by Gasteiger charge is 2.10. The summed E-state index contributed by atoms with van der Waals surface area (Å²) >= 11 is 0. The van der Waals surface area contributed by atoms with E-state index in [1.165, 1.54) is 12.6 Å². The molecule has 1 heterocycles. The third-order valence-corrected chi connectivity index (χ3v) is 4.74. The number of benzene rings is 2. The Morgan fingerprint density at radius 1 is 1.06 bits per heavy atom. The molecule has 0 unspecified atom stereocenters. The molecular formula is C24H32N4O3. The smallest absolute Gasteiger partial charge is 0.137 e. The van der Waals surface area contributed by atoms with Gasteiger partial charge in [-0.25, -0.2) is 15.4 Å². The van der Waals surface area contributed by atoms with Crippen LogP contribution in [-0.4, -0.2) is 35.1 Å². The minimum absolute atomic E-state index is 0.134. The number of ether oxygens (including phenoxy) is 1. The molecule has 3 aromatic rings. The minimum atomic E-state index is 0.134. The normalized spacial score (nSPS) is 11.3. The maximum absolute atomic E-state index is 10.3. The van der Waals surface area contributed by atoms with Crippen LogP contribution in [0.25, 0.3) is 10.9 Å². The molecule has 7 heteroatoms. The lowest BCUT2D eigenvalue weighted by atomic mass is 10.1. The SMILES string of the molecule is CNO.C[C@@H](Nc1ncnc2ccc(OCCCCCCC=O)cc12)c1ccccc1. The fraction of sp³-hybridized carbons (Fsp3) is 0.375. The largest absolute Gasteiger partial charge is 0.494 e. The molecule has 0 aliphatic carbocycles. The number of rotatable bonds is 11. The van der Waals surface area contributed by atoms with Crippen molar-refractivity contribution in [3.05, 3.63) is 60.4 Å². The summed E-state index contributed by atoms with van der Waals surface area (Å²) in [5.74, 6) is 1.63. The van der Waals surface area contributed by atoms with Crippen molar-refractivity contribution in [2.75, 3.05) is 19.0 Å². The number of hydrogen-bond donors (Lipinski definition) is 3. The average Bonchev–Trinajstić information content (AvgIpc) is 2.80. The topological polar surface area (TPSA) is 96.4 Å². The van der Waals surface area contributed by atoms with Gasteiger partial charge in [0.15, 0.2) is 0 Å². The molecule has 0 bridgehead atoms. The summed E-state index contributed by atoms with van der Waals surface area (Å²) in [5, 5.41) is 11.8. The Bertz CT molecular complexity index is 906. The van der Waals surface area contributed by atoms with Gasteiger partial charge in [0.05, 0.1) is 12.1 Å². The summed E-state index contributed by atoms with van der Waals surface area (Å²) in [4.78, 5) is 19.1. The highest BCUT2D eigenvalue weighted by Crippen LogP contribution is 2.27. The lowest BCUT2D eigenvalue weighted by molar-refractivity contribution is -0.107. The van der Waals surface area contributed by atoms with Gasteiger partial charge >= 0.3 is 0 Å². The summed E-state index contributed by atoms with van der Waals surface area (Å²) in [6, 6.07) is 16.4. The minimum Gasteiger partial charge on any atom is -0.494 e. The molecule has 3 rings (SSSR count). The van der Waals surface area contributed by atoms with Crippen LogP contribution in [0.3, 0.4) is 0 Å². The van der Waals surface area contributed by atoms with E-state index in [0.29, 0.717) is 13.0 Å². The number of carbonyl (C=O) groups is 1. The number of hydrogen-bond acceptors (Lipinski definition) is 7. The second kappa shape index (κ2) is 14.1. The molecule has 0 aliphatic rings. The molecular weight excluding hydrogens is 392 g/mol. The van der Waals surface area contributed by atoms with Crippen LogP contribution in [0.2, 0.25) is 0 Å². The zero-order valence-electron chi connectivity index (χ0n) is 18.3. The maximum Gasteiger partial charge on any atom is 0.137 e. The van der Waals surface area contributed by atoms with Gasteiger partial charge in [0.1, 0.15) is 24.2 Å². The van der Waals surface area contributed by atoms with Gasteiger partial charge < -0.3 is 20.1 Å². The van der Waals surface area contributed by atoms with Crippen molar-refractivity contribution in [3.63, 3.8) is 0 Å². The van der Waals surface area contributed by atoms with Crippen molar-refractivity contribution in [2.45, 2.75) is 45.1 Å². The summed E-state index contributed by atoms with van der Waals surface area (Å²) in [7, 11) is 1.43. The molecule has 1 aromatic heterocycles. The Hall–Kier alpha value is -3.03. The molecule has 31 heavy (non-hydrogen) atoms. The van der Waals surface area contributed by atoms with Crippen molar-refractivity contribution in [1.29, 1.82) is 0 Å². The molecule has 2 aromatic carbocycles. The molecule has 7 nitrogen and oxygen atoms in total. The summed E-state index contributed by atoms with van der Waals surface area (Å²) in [6.45, 7) is 2.79. The number of unbranched alkanes of at least 4 members (excludes halogenated alkanes) is 4. The Morgan fingerprint density at radius 2 is 1.81 bits per heavy atom. The third kappa shape index (κ3) is 8.32. The number of aromatic nitrogens is 2. The highest BCUT2D eigenvalue weighted by molar-refractivity contribution is 5.90. The second-order valence-corrected chi connectivity index (χ2v) is 7.12. The molecule has 0 saturated carbocycles. The van der Waals surface area contributed by atoms with E-state index >= 15 is 0 Å². The number of fused-ring (bicyclic) bond motifs is 1. The predicted octanol–water partition coefficient (Wildman–Crippen LogP) is 4.93. The van der Waals surface area contributed by atoms with Crippen molar-refractivity contribution in [3.8, 4) is 5.75 Å². The number of hydroxylamine groups is 1. The molecule has 0 amide bonds. The van der Waals surface area contributed by atoms with Crippen molar-refractivity contribution >= 4 is 23.0 Å². The van der Waals surface area contributed by atoms with E-state index in [4.69, 9.17) is 9.94 Å².